The first-order chi connectivity index (χ1) is 9.74. The Balaban J connectivity index is 1.70. The molecule has 0 amide bonds. The fourth-order valence-corrected chi connectivity index (χ4v) is 4.11. The van der Waals surface area contributed by atoms with Crippen LogP contribution in [0.3, 0.4) is 0 Å². The molecule has 1 saturated heterocycles. The van der Waals surface area contributed by atoms with Crippen LogP contribution >= 0.6 is 15.9 Å². The molecule has 4 heteroatoms. The number of aromatic nitrogens is 1. The zero-order valence-corrected chi connectivity index (χ0v) is 13.3. The van der Waals surface area contributed by atoms with Crippen LogP contribution in [0.1, 0.15) is 44.1 Å². The Morgan fingerprint density at radius 3 is 2.95 bits per heavy atom. The van der Waals surface area contributed by atoms with Crippen LogP contribution in [0, 0.1) is 5.92 Å². The third-order valence-electron chi connectivity index (χ3n) is 4.63. The van der Waals surface area contributed by atoms with Gasteiger partial charge in [0.15, 0.2) is 0 Å². The summed E-state index contributed by atoms with van der Waals surface area (Å²) in [5.74, 6) is 0.784. The van der Waals surface area contributed by atoms with Crippen molar-refractivity contribution in [3.63, 3.8) is 0 Å². The first kappa shape index (κ1) is 14.2. The first-order valence-corrected chi connectivity index (χ1v) is 8.39. The molecule has 3 rings (SSSR count). The molecule has 2 atom stereocenters. The second-order valence-corrected chi connectivity index (χ2v) is 6.93. The van der Waals surface area contributed by atoms with Gasteiger partial charge >= 0.3 is 0 Å². The number of Topliss-reactive ketones (excluding diaryl/α,β-unsaturated/α-hetero) is 1. The predicted molar refractivity (Wildman–Crippen MR) is 82.3 cm³/mol. The second-order valence-electron chi connectivity index (χ2n) is 6.01. The lowest BCUT2D eigenvalue weighted by molar-refractivity contribution is -0.126. The molecule has 2 unspecified atom stereocenters. The Kier molecular flexibility index (Phi) is 4.51. The van der Waals surface area contributed by atoms with Gasteiger partial charge in [0, 0.05) is 41.8 Å². The largest absolute Gasteiger partial charge is 0.299 e. The fourth-order valence-electron chi connectivity index (χ4n) is 3.70. The van der Waals surface area contributed by atoms with E-state index in [0.717, 1.165) is 36.8 Å². The molecule has 0 bridgehead atoms. The van der Waals surface area contributed by atoms with Gasteiger partial charge in [-0.25, -0.2) is 0 Å². The number of carbonyl (C=O) groups is 1. The van der Waals surface area contributed by atoms with Gasteiger partial charge in [0.05, 0.1) is 0 Å². The summed E-state index contributed by atoms with van der Waals surface area (Å²) in [5, 5.41) is 0. The minimum absolute atomic E-state index is 0.284. The molecule has 108 valence electrons. The van der Waals surface area contributed by atoms with Crippen molar-refractivity contribution in [1.82, 2.24) is 9.88 Å². The van der Waals surface area contributed by atoms with Gasteiger partial charge < -0.3 is 0 Å². The van der Waals surface area contributed by atoms with E-state index in [9.17, 15) is 4.79 Å². The standard InChI is InChI=1S/C16H21BrN2O/c17-13-8-12(9-18-10-13)11-19-7-3-5-15(19)14-4-1-2-6-16(14)20/h8-10,14-15H,1-7,11H2. The molecule has 0 spiro atoms. The first-order valence-electron chi connectivity index (χ1n) is 7.60. The Morgan fingerprint density at radius 2 is 2.15 bits per heavy atom. The van der Waals surface area contributed by atoms with Crippen molar-refractivity contribution >= 4 is 21.7 Å². The Morgan fingerprint density at radius 1 is 1.25 bits per heavy atom. The summed E-state index contributed by atoms with van der Waals surface area (Å²) in [6.45, 7) is 2.03. The van der Waals surface area contributed by atoms with Crippen molar-refractivity contribution < 1.29 is 4.79 Å². The summed E-state index contributed by atoms with van der Waals surface area (Å²) >= 11 is 3.48. The number of carbonyl (C=O) groups excluding carboxylic acids is 1. The molecular weight excluding hydrogens is 316 g/mol. The van der Waals surface area contributed by atoms with Gasteiger partial charge in [-0.2, -0.15) is 0 Å². The van der Waals surface area contributed by atoms with E-state index in [4.69, 9.17) is 0 Å². The topological polar surface area (TPSA) is 33.2 Å². The summed E-state index contributed by atoms with van der Waals surface area (Å²) in [5.41, 5.74) is 1.23. The smallest absolute Gasteiger partial charge is 0.137 e. The van der Waals surface area contributed by atoms with E-state index in [1.165, 1.54) is 24.8 Å². The number of nitrogens with zero attached hydrogens (tertiary/aromatic N) is 2. The van der Waals surface area contributed by atoms with E-state index in [1.54, 1.807) is 0 Å². The van der Waals surface area contributed by atoms with Crippen molar-refractivity contribution in [2.24, 2.45) is 5.92 Å². The zero-order chi connectivity index (χ0) is 13.9. The highest BCUT2D eigenvalue weighted by atomic mass is 79.9. The number of halogens is 1. The average molecular weight is 337 g/mol. The molecule has 3 nitrogen and oxygen atoms in total. The van der Waals surface area contributed by atoms with Crippen LogP contribution in [0.2, 0.25) is 0 Å². The molecular formula is C16H21BrN2O. The van der Waals surface area contributed by atoms with Crippen molar-refractivity contribution in [3.05, 3.63) is 28.5 Å². The molecule has 0 N–H and O–H groups in total. The number of ketones is 1. The van der Waals surface area contributed by atoms with E-state index in [1.807, 2.05) is 12.4 Å². The molecule has 1 saturated carbocycles. The van der Waals surface area contributed by atoms with Crippen LogP contribution in [0.5, 0.6) is 0 Å². The lowest BCUT2D eigenvalue weighted by atomic mass is 9.82. The summed E-state index contributed by atoms with van der Waals surface area (Å²) in [7, 11) is 0. The minimum atomic E-state index is 0.284. The number of rotatable bonds is 3. The van der Waals surface area contributed by atoms with Crippen LogP contribution < -0.4 is 0 Å². The maximum absolute atomic E-state index is 12.2. The van der Waals surface area contributed by atoms with Gasteiger partial charge in [0.1, 0.15) is 5.78 Å². The highest BCUT2D eigenvalue weighted by Gasteiger charge is 2.36. The van der Waals surface area contributed by atoms with Crippen LogP contribution in [0.25, 0.3) is 0 Å². The van der Waals surface area contributed by atoms with Crippen LogP contribution in [-0.2, 0) is 11.3 Å². The lowest BCUT2D eigenvalue weighted by Crippen LogP contribution is -2.40. The molecule has 1 aliphatic heterocycles. The summed E-state index contributed by atoms with van der Waals surface area (Å²) in [6.07, 6.45) is 10.4. The summed E-state index contributed by atoms with van der Waals surface area (Å²) in [4.78, 5) is 18.9. The molecule has 1 aromatic heterocycles. The molecule has 2 aliphatic rings. The molecule has 0 aromatic carbocycles. The molecule has 2 heterocycles. The molecule has 20 heavy (non-hydrogen) atoms. The highest BCUT2D eigenvalue weighted by molar-refractivity contribution is 9.10. The number of hydrogen-bond donors (Lipinski definition) is 0. The highest BCUT2D eigenvalue weighted by Crippen LogP contribution is 2.33. The Hall–Kier alpha value is -0.740. The number of likely N-dealkylation sites (tertiary alicyclic amines) is 1. The minimum Gasteiger partial charge on any atom is -0.299 e. The Bertz CT molecular complexity index is 491. The normalized spacial score (nSPS) is 27.9. The third-order valence-corrected chi connectivity index (χ3v) is 5.06. The van der Waals surface area contributed by atoms with Crippen LogP contribution in [-0.4, -0.2) is 28.3 Å². The van der Waals surface area contributed by atoms with E-state index in [-0.39, 0.29) is 5.92 Å². The van der Waals surface area contributed by atoms with Crippen molar-refractivity contribution in [1.29, 1.82) is 0 Å². The summed E-state index contributed by atoms with van der Waals surface area (Å²) in [6, 6.07) is 2.59. The van der Waals surface area contributed by atoms with Gasteiger partial charge in [-0.3, -0.25) is 14.7 Å². The summed E-state index contributed by atoms with van der Waals surface area (Å²) < 4.78 is 1.03. The van der Waals surface area contributed by atoms with E-state index < -0.39 is 0 Å². The van der Waals surface area contributed by atoms with E-state index >= 15 is 0 Å². The second kappa shape index (κ2) is 6.35. The van der Waals surface area contributed by atoms with Crippen LogP contribution in [0.15, 0.2) is 22.9 Å². The maximum atomic E-state index is 12.2. The monoisotopic (exact) mass is 336 g/mol. The fraction of sp³-hybridized carbons (Fsp3) is 0.625. The zero-order valence-electron chi connectivity index (χ0n) is 11.7. The van der Waals surface area contributed by atoms with Crippen molar-refractivity contribution in [2.45, 2.75) is 51.1 Å². The van der Waals surface area contributed by atoms with Crippen LogP contribution in [0.4, 0.5) is 0 Å². The molecule has 1 aliphatic carbocycles. The third kappa shape index (κ3) is 3.12. The van der Waals surface area contributed by atoms with Gasteiger partial charge in [-0.15, -0.1) is 0 Å². The SMILES string of the molecule is O=C1CCCCC1C1CCCN1Cc1cncc(Br)c1. The van der Waals surface area contributed by atoms with Gasteiger partial charge in [-0.05, 0) is 59.8 Å². The quantitative estimate of drug-likeness (QED) is 0.845. The maximum Gasteiger partial charge on any atom is 0.137 e. The lowest BCUT2D eigenvalue weighted by Gasteiger charge is -2.33. The Labute approximate surface area is 128 Å². The van der Waals surface area contributed by atoms with Gasteiger partial charge in [0.2, 0.25) is 0 Å². The van der Waals surface area contributed by atoms with Gasteiger partial charge in [0.25, 0.3) is 0 Å². The van der Waals surface area contributed by atoms with Crippen molar-refractivity contribution in [2.75, 3.05) is 6.54 Å². The molecule has 0 radical (unpaired) electrons. The average Bonchev–Trinajstić information content (AvgIpc) is 2.87. The number of hydrogen-bond acceptors (Lipinski definition) is 3. The van der Waals surface area contributed by atoms with Gasteiger partial charge in [-0.1, -0.05) is 6.42 Å². The van der Waals surface area contributed by atoms with E-state index in [0.29, 0.717) is 11.8 Å². The van der Waals surface area contributed by atoms with E-state index in [2.05, 4.69) is 31.9 Å². The van der Waals surface area contributed by atoms with Crippen molar-refractivity contribution in [3.8, 4) is 0 Å². The number of pyridine rings is 1. The molecule has 2 fully saturated rings. The molecule has 1 aromatic rings. The predicted octanol–water partition coefficient (Wildman–Crippen LogP) is 3.57.